The predicted molar refractivity (Wildman–Crippen MR) is 127 cm³/mol. The number of halogens is 1. The Morgan fingerprint density at radius 1 is 0.971 bits per heavy atom. The van der Waals surface area contributed by atoms with Crippen molar-refractivity contribution in [2.24, 2.45) is 5.14 Å². The van der Waals surface area contributed by atoms with E-state index in [1.54, 1.807) is 12.1 Å². The maximum absolute atomic E-state index is 13.6. The molecule has 2 N–H and O–H groups in total. The number of anilines is 1. The molecule has 1 aliphatic rings. The number of amides is 2. The fraction of sp³-hybridized carbons (Fsp3) is 0.136. The summed E-state index contributed by atoms with van der Waals surface area (Å²) in [7, 11) is -8.21. The molecule has 2 aromatic carbocycles. The molecule has 0 bridgehead atoms. The molecule has 0 aliphatic carbocycles. The fourth-order valence-corrected chi connectivity index (χ4v) is 5.88. The first-order valence-corrected chi connectivity index (χ1v) is 13.5. The second-order valence-corrected chi connectivity index (χ2v) is 11.6. The highest BCUT2D eigenvalue weighted by Crippen LogP contribution is 2.31. The van der Waals surface area contributed by atoms with Crippen LogP contribution in [0.2, 0.25) is 5.02 Å². The van der Waals surface area contributed by atoms with Crippen molar-refractivity contribution in [3.63, 3.8) is 0 Å². The lowest BCUT2D eigenvalue weighted by Gasteiger charge is -2.27. The summed E-state index contributed by atoms with van der Waals surface area (Å²) in [5.41, 5.74) is 0.612. The number of primary sulfonamides is 1. The molecule has 1 unspecified atom stereocenters. The Bertz CT molecular complexity index is 1480. The summed E-state index contributed by atoms with van der Waals surface area (Å²) >= 11 is 5.90. The largest absolute Gasteiger partial charge is 0.274 e. The number of carbonyl (C=O) groups excluding carboxylic acids is 2. The van der Waals surface area contributed by atoms with E-state index in [0.717, 1.165) is 21.3 Å². The number of aromatic nitrogens is 1. The summed E-state index contributed by atoms with van der Waals surface area (Å²) in [5.74, 6) is -1.40. The van der Waals surface area contributed by atoms with E-state index in [2.05, 4.69) is 4.98 Å². The normalized spacial score (nSPS) is 16.8. The van der Waals surface area contributed by atoms with Crippen LogP contribution >= 0.6 is 11.6 Å². The first kappa shape index (κ1) is 24.9. The lowest BCUT2D eigenvalue weighted by Crippen LogP contribution is -2.45. The van der Waals surface area contributed by atoms with Crippen molar-refractivity contribution in [1.82, 2.24) is 9.29 Å². The van der Waals surface area contributed by atoms with E-state index in [1.807, 2.05) is 0 Å². The number of pyridine rings is 1. The Balaban J connectivity index is 1.73. The molecule has 1 aliphatic heterocycles. The Kier molecular flexibility index (Phi) is 6.75. The minimum atomic E-state index is -4.24. The topological polar surface area (TPSA) is 148 Å². The molecule has 182 valence electrons. The number of carbonyl (C=O) groups is 2. The van der Waals surface area contributed by atoms with Gasteiger partial charge in [-0.1, -0.05) is 17.7 Å². The minimum Gasteiger partial charge on any atom is -0.274 e. The molecule has 0 radical (unpaired) electrons. The Morgan fingerprint density at radius 2 is 1.60 bits per heavy atom. The molecular formula is C22H19ClN4O6S2. The number of imide groups is 1. The first-order valence-electron chi connectivity index (χ1n) is 10.1. The van der Waals surface area contributed by atoms with Gasteiger partial charge in [0.2, 0.25) is 26.0 Å². The zero-order chi connectivity index (χ0) is 25.4. The van der Waals surface area contributed by atoms with Crippen LogP contribution in [0.3, 0.4) is 0 Å². The predicted octanol–water partition coefficient (Wildman–Crippen LogP) is 1.91. The molecule has 2 amide bonds. The molecule has 4 rings (SSSR count). The molecule has 35 heavy (non-hydrogen) atoms. The highest BCUT2D eigenvalue weighted by Gasteiger charge is 2.47. The van der Waals surface area contributed by atoms with Gasteiger partial charge in [-0.05, 0) is 60.2 Å². The highest BCUT2D eigenvalue weighted by atomic mass is 35.5. The Hall–Kier alpha value is -3.16. The van der Waals surface area contributed by atoms with Crippen molar-refractivity contribution in [3.05, 3.63) is 83.6 Å². The van der Waals surface area contributed by atoms with Crippen molar-refractivity contribution in [2.75, 3.05) is 4.90 Å². The molecular weight excluding hydrogens is 516 g/mol. The average molecular weight is 535 g/mol. The van der Waals surface area contributed by atoms with Crippen LogP contribution in [-0.2, 0) is 36.2 Å². The zero-order valence-corrected chi connectivity index (χ0v) is 20.4. The van der Waals surface area contributed by atoms with Gasteiger partial charge in [0.25, 0.3) is 5.91 Å². The highest BCUT2D eigenvalue weighted by molar-refractivity contribution is 7.89. The molecule has 3 aromatic rings. The summed E-state index contributed by atoms with van der Waals surface area (Å²) in [6.45, 7) is -0.208. The first-order chi connectivity index (χ1) is 16.5. The number of sulfonamides is 2. The van der Waals surface area contributed by atoms with Gasteiger partial charge in [-0.2, -0.15) is 4.31 Å². The van der Waals surface area contributed by atoms with Crippen molar-refractivity contribution in [2.45, 2.75) is 28.8 Å². The summed E-state index contributed by atoms with van der Waals surface area (Å²) in [4.78, 5) is 30.8. The van der Waals surface area contributed by atoms with Crippen molar-refractivity contribution in [3.8, 4) is 0 Å². The van der Waals surface area contributed by atoms with E-state index in [-0.39, 0.29) is 22.0 Å². The summed E-state index contributed by atoms with van der Waals surface area (Å²) in [6.07, 6.45) is 2.59. The van der Waals surface area contributed by atoms with Crippen LogP contribution in [0, 0.1) is 0 Å². The second kappa shape index (κ2) is 9.47. The van der Waals surface area contributed by atoms with E-state index in [9.17, 15) is 26.4 Å². The summed E-state index contributed by atoms with van der Waals surface area (Å²) < 4.78 is 51.2. The van der Waals surface area contributed by atoms with Gasteiger partial charge in [-0.15, -0.1) is 0 Å². The Morgan fingerprint density at radius 3 is 2.17 bits per heavy atom. The average Bonchev–Trinajstić information content (AvgIpc) is 3.11. The van der Waals surface area contributed by atoms with Crippen molar-refractivity contribution >= 4 is 49.1 Å². The third-order valence-corrected chi connectivity index (χ3v) is 8.43. The third-order valence-electron chi connectivity index (χ3n) is 5.38. The lowest BCUT2D eigenvalue weighted by atomic mass is 10.2. The quantitative estimate of drug-likeness (QED) is 0.455. The Labute approximate surface area is 207 Å². The number of benzene rings is 2. The van der Waals surface area contributed by atoms with Crippen LogP contribution in [0.5, 0.6) is 0 Å². The van der Waals surface area contributed by atoms with E-state index in [0.29, 0.717) is 10.6 Å². The number of nitrogens with zero attached hydrogens (tertiary/aromatic N) is 3. The summed E-state index contributed by atoms with van der Waals surface area (Å²) in [6, 6.07) is 12.3. The second-order valence-electron chi connectivity index (χ2n) is 7.69. The monoisotopic (exact) mass is 534 g/mol. The van der Waals surface area contributed by atoms with Gasteiger partial charge >= 0.3 is 0 Å². The van der Waals surface area contributed by atoms with Gasteiger partial charge in [-0.25, -0.2) is 26.9 Å². The number of nitrogens with two attached hydrogens (primary N) is 1. The van der Waals surface area contributed by atoms with Gasteiger partial charge in [-0.3, -0.25) is 14.6 Å². The van der Waals surface area contributed by atoms with E-state index in [4.69, 9.17) is 16.7 Å². The van der Waals surface area contributed by atoms with Crippen LogP contribution in [0.4, 0.5) is 5.69 Å². The number of rotatable bonds is 7. The van der Waals surface area contributed by atoms with Gasteiger partial charge < -0.3 is 0 Å². The maximum Gasteiger partial charge on any atom is 0.252 e. The molecule has 0 spiro atoms. The van der Waals surface area contributed by atoms with Crippen LogP contribution in [0.1, 0.15) is 12.0 Å². The minimum absolute atomic E-state index is 0.0954. The molecule has 0 saturated carbocycles. The smallest absolute Gasteiger partial charge is 0.252 e. The molecule has 10 nitrogen and oxygen atoms in total. The zero-order valence-electron chi connectivity index (χ0n) is 18.0. The van der Waals surface area contributed by atoms with Gasteiger partial charge in [0.05, 0.1) is 21.9 Å². The van der Waals surface area contributed by atoms with E-state index >= 15 is 0 Å². The lowest BCUT2D eigenvalue weighted by molar-refractivity contribution is -0.122. The number of hydrogen-bond acceptors (Lipinski definition) is 7. The molecule has 1 atom stereocenters. The third kappa shape index (κ3) is 5.11. The number of hydrogen-bond donors (Lipinski definition) is 1. The van der Waals surface area contributed by atoms with Crippen LogP contribution in [0.15, 0.2) is 82.8 Å². The van der Waals surface area contributed by atoms with Crippen LogP contribution in [0.25, 0.3) is 0 Å². The summed E-state index contributed by atoms with van der Waals surface area (Å²) in [5, 5.41) is 5.44. The van der Waals surface area contributed by atoms with Crippen molar-refractivity contribution in [1.29, 1.82) is 0 Å². The van der Waals surface area contributed by atoms with E-state index in [1.165, 1.54) is 48.8 Å². The SMILES string of the molecule is NS(=O)(=O)c1ccc(N2C(=O)CC(N(Cc3cccnc3)S(=O)(=O)c3ccc(Cl)cc3)C2=O)cc1. The molecule has 13 heteroatoms. The van der Waals surface area contributed by atoms with Crippen molar-refractivity contribution < 1.29 is 26.4 Å². The van der Waals surface area contributed by atoms with Crippen LogP contribution in [-0.4, -0.2) is 44.0 Å². The molecule has 1 saturated heterocycles. The standard InChI is InChI=1S/C22H19ClN4O6S2/c23-16-3-7-19(8-4-16)35(32,33)26(14-15-2-1-11-25-13-15)20-12-21(28)27(22(20)29)17-5-9-18(10-6-17)34(24,30)31/h1-11,13,20H,12,14H2,(H2,24,30,31). The molecule has 1 fully saturated rings. The molecule has 2 heterocycles. The fourth-order valence-electron chi connectivity index (χ4n) is 3.67. The van der Waals surface area contributed by atoms with E-state index < -0.39 is 44.3 Å². The van der Waals surface area contributed by atoms with Gasteiger partial charge in [0, 0.05) is 24.0 Å². The van der Waals surface area contributed by atoms with Gasteiger partial charge in [0.15, 0.2) is 0 Å². The van der Waals surface area contributed by atoms with Crippen LogP contribution < -0.4 is 10.0 Å². The maximum atomic E-state index is 13.6. The van der Waals surface area contributed by atoms with Gasteiger partial charge in [0.1, 0.15) is 6.04 Å². The molecule has 1 aromatic heterocycles.